The lowest BCUT2D eigenvalue weighted by Crippen LogP contribution is -2.53. The maximum Gasteiger partial charge on any atom is 0.153 e. The third kappa shape index (κ3) is 2.13. The Balaban J connectivity index is 1.74. The van der Waals surface area contributed by atoms with Gasteiger partial charge in [0.1, 0.15) is 5.00 Å². The van der Waals surface area contributed by atoms with Crippen LogP contribution in [0.2, 0.25) is 0 Å². The predicted octanol–water partition coefficient (Wildman–Crippen LogP) is 1.95. The Labute approximate surface area is 110 Å². The van der Waals surface area contributed by atoms with Crippen LogP contribution in [0.5, 0.6) is 0 Å². The monoisotopic (exact) mass is 270 g/mol. The third-order valence-corrected chi connectivity index (χ3v) is 5.59. The summed E-state index contributed by atoms with van der Waals surface area (Å²) >= 11 is 3.18. The normalized spacial score (nSPS) is 31.7. The van der Waals surface area contributed by atoms with Gasteiger partial charge in [0.25, 0.3) is 0 Å². The number of nitrogens with two attached hydrogens (primary N) is 1. The van der Waals surface area contributed by atoms with E-state index in [0.717, 1.165) is 15.8 Å². The highest BCUT2D eigenvalue weighted by atomic mass is 32.2. The lowest BCUT2D eigenvalue weighted by atomic mass is 9.84. The quantitative estimate of drug-likeness (QED) is 0.822. The second kappa shape index (κ2) is 4.66. The first-order valence-electron chi connectivity index (χ1n) is 6.06. The number of piperidine rings is 3. The Kier molecular flexibility index (Phi) is 3.19. The summed E-state index contributed by atoms with van der Waals surface area (Å²) in [5.41, 5.74) is 5.86. The highest BCUT2D eigenvalue weighted by molar-refractivity contribution is 7.99. The van der Waals surface area contributed by atoms with E-state index in [1.807, 2.05) is 0 Å². The Hall–Kier alpha value is -0.460. The molecule has 0 aromatic carbocycles. The fraction of sp³-hybridized carbons (Fsp3) is 0.727. The van der Waals surface area contributed by atoms with Crippen LogP contribution in [0.15, 0.2) is 4.90 Å². The van der Waals surface area contributed by atoms with Crippen LogP contribution >= 0.6 is 23.3 Å². The lowest BCUT2D eigenvalue weighted by Gasteiger charge is -2.45. The van der Waals surface area contributed by atoms with Crippen LogP contribution in [0.4, 0.5) is 10.8 Å². The van der Waals surface area contributed by atoms with Crippen molar-refractivity contribution in [2.75, 3.05) is 36.9 Å². The Bertz CT molecular complexity index is 398. The van der Waals surface area contributed by atoms with E-state index >= 15 is 0 Å². The van der Waals surface area contributed by atoms with Crippen LogP contribution in [-0.2, 0) is 0 Å². The number of hydrogen-bond acceptors (Lipinski definition) is 6. The topological polar surface area (TPSA) is 54.2 Å². The Morgan fingerprint density at radius 3 is 2.82 bits per heavy atom. The van der Waals surface area contributed by atoms with Gasteiger partial charge in [0.2, 0.25) is 0 Å². The van der Waals surface area contributed by atoms with E-state index < -0.39 is 0 Å². The number of thioether (sulfide) groups is 1. The van der Waals surface area contributed by atoms with Crippen molar-refractivity contribution in [1.82, 2.24) is 9.27 Å². The van der Waals surface area contributed by atoms with Crippen molar-refractivity contribution in [2.45, 2.75) is 23.8 Å². The van der Waals surface area contributed by atoms with E-state index in [9.17, 15) is 0 Å². The number of fused-ring (bicyclic) bond motifs is 3. The molecule has 3 aliphatic rings. The molecule has 0 spiro atoms. The largest absolute Gasteiger partial charge is 0.382 e. The molecule has 2 bridgehead atoms. The first-order chi connectivity index (χ1) is 8.28. The number of nitrogens with one attached hydrogen (secondary N) is 1. The molecule has 4 rings (SSSR count). The number of anilines is 2. The molecule has 1 unspecified atom stereocenters. The van der Waals surface area contributed by atoms with Crippen molar-refractivity contribution >= 4 is 34.1 Å². The average Bonchev–Trinajstić information content (AvgIpc) is 2.71. The predicted molar refractivity (Wildman–Crippen MR) is 74.9 cm³/mol. The Morgan fingerprint density at radius 2 is 2.24 bits per heavy atom. The molecule has 1 aromatic heterocycles. The van der Waals surface area contributed by atoms with Gasteiger partial charge in [-0.15, -0.1) is 11.8 Å². The summed E-state index contributed by atoms with van der Waals surface area (Å²) < 4.78 is 4.24. The van der Waals surface area contributed by atoms with Crippen molar-refractivity contribution < 1.29 is 0 Å². The Morgan fingerprint density at radius 1 is 1.47 bits per heavy atom. The summed E-state index contributed by atoms with van der Waals surface area (Å²) in [4.78, 5) is 3.67. The molecular formula is C11H18N4S2. The van der Waals surface area contributed by atoms with Gasteiger partial charge in [-0.25, -0.2) is 0 Å². The van der Waals surface area contributed by atoms with Crippen molar-refractivity contribution in [3.05, 3.63) is 0 Å². The fourth-order valence-corrected chi connectivity index (χ4v) is 4.47. The molecule has 0 saturated carbocycles. The van der Waals surface area contributed by atoms with Crippen molar-refractivity contribution in [3.8, 4) is 0 Å². The van der Waals surface area contributed by atoms with Crippen LogP contribution in [-0.4, -0.2) is 41.2 Å². The molecule has 17 heavy (non-hydrogen) atoms. The summed E-state index contributed by atoms with van der Waals surface area (Å²) in [6, 6.07) is 0.586. The summed E-state index contributed by atoms with van der Waals surface area (Å²) in [6.45, 7) is 3.74. The zero-order valence-electron chi connectivity index (χ0n) is 9.98. The first kappa shape index (κ1) is 11.6. The van der Waals surface area contributed by atoms with Gasteiger partial charge >= 0.3 is 0 Å². The van der Waals surface area contributed by atoms with Gasteiger partial charge in [-0.1, -0.05) is 0 Å². The zero-order chi connectivity index (χ0) is 11.8. The van der Waals surface area contributed by atoms with Crippen LogP contribution in [0.25, 0.3) is 0 Å². The van der Waals surface area contributed by atoms with Crippen LogP contribution in [0, 0.1) is 5.92 Å². The maximum atomic E-state index is 5.86. The van der Waals surface area contributed by atoms with E-state index in [1.165, 1.54) is 44.0 Å². The number of rotatable bonds is 3. The second-order valence-corrected chi connectivity index (χ2v) is 6.41. The lowest BCUT2D eigenvalue weighted by molar-refractivity contribution is 0.0976. The maximum absolute atomic E-state index is 5.86. The molecule has 4 nitrogen and oxygen atoms in total. The molecule has 3 aliphatic heterocycles. The molecule has 0 aliphatic carbocycles. The van der Waals surface area contributed by atoms with E-state index in [2.05, 4.69) is 20.8 Å². The smallest absolute Gasteiger partial charge is 0.153 e. The molecule has 6 heteroatoms. The molecule has 0 radical (unpaired) electrons. The van der Waals surface area contributed by atoms with Crippen molar-refractivity contribution in [2.24, 2.45) is 5.92 Å². The van der Waals surface area contributed by atoms with Crippen LogP contribution in [0.1, 0.15) is 12.8 Å². The fourth-order valence-electron chi connectivity index (χ4n) is 2.88. The minimum atomic E-state index is 0.586. The minimum Gasteiger partial charge on any atom is -0.382 e. The average molecular weight is 270 g/mol. The molecule has 0 amide bonds. The highest BCUT2D eigenvalue weighted by Crippen LogP contribution is 2.37. The summed E-state index contributed by atoms with van der Waals surface area (Å²) in [6.07, 6.45) is 4.73. The zero-order valence-corrected chi connectivity index (χ0v) is 11.6. The number of aromatic nitrogens is 1. The highest BCUT2D eigenvalue weighted by Gasteiger charge is 2.34. The van der Waals surface area contributed by atoms with Gasteiger partial charge in [0, 0.05) is 12.6 Å². The first-order valence-corrected chi connectivity index (χ1v) is 8.05. The van der Waals surface area contributed by atoms with E-state index in [4.69, 9.17) is 5.73 Å². The number of nitrogens with zero attached hydrogens (tertiary/aromatic N) is 2. The SMILES string of the molecule is CSc1c(N)nsc1NC1CN2CCC1CC2. The molecular weight excluding hydrogens is 252 g/mol. The second-order valence-electron chi connectivity index (χ2n) is 4.82. The summed E-state index contributed by atoms with van der Waals surface area (Å²) in [5, 5.41) is 4.83. The summed E-state index contributed by atoms with van der Waals surface area (Å²) in [7, 11) is 0. The third-order valence-electron chi connectivity index (χ3n) is 3.85. The molecule has 94 valence electrons. The number of hydrogen-bond donors (Lipinski definition) is 2. The molecule has 1 atom stereocenters. The standard InChI is InChI=1S/C11H18N4S2/c1-16-9-10(12)14-17-11(9)13-8-6-15-4-2-7(8)3-5-15/h7-8,13H,2-6H2,1H3,(H2,12,14). The minimum absolute atomic E-state index is 0.586. The molecule has 3 N–H and O–H groups in total. The van der Waals surface area contributed by atoms with Gasteiger partial charge in [-0.05, 0) is 49.6 Å². The van der Waals surface area contributed by atoms with E-state index in [0.29, 0.717) is 11.9 Å². The van der Waals surface area contributed by atoms with Gasteiger partial charge in [0.15, 0.2) is 5.82 Å². The van der Waals surface area contributed by atoms with Crippen LogP contribution in [0.3, 0.4) is 0 Å². The molecule has 3 saturated heterocycles. The summed E-state index contributed by atoms with van der Waals surface area (Å²) in [5.74, 6) is 1.50. The number of nitrogen functional groups attached to an aromatic ring is 1. The van der Waals surface area contributed by atoms with E-state index in [-0.39, 0.29) is 0 Å². The molecule has 4 heterocycles. The van der Waals surface area contributed by atoms with Crippen molar-refractivity contribution in [1.29, 1.82) is 0 Å². The molecule has 1 aromatic rings. The van der Waals surface area contributed by atoms with Gasteiger partial charge in [0.05, 0.1) is 4.90 Å². The van der Waals surface area contributed by atoms with E-state index in [1.54, 1.807) is 11.8 Å². The van der Waals surface area contributed by atoms with Gasteiger partial charge < -0.3 is 16.0 Å². The van der Waals surface area contributed by atoms with Crippen molar-refractivity contribution in [3.63, 3.8) is 0 Å². The van der Waals surface area contributed by atoms with Crippen LogP contribution < -0.4 is 11.1 Å². The van der Waals surface area contributed by atoms with Gasteiger partial charge in [-0.3, -0.25) is 0 Å². The van der Waals surface area contributed by atoms with Gasteiger partial charge in [-0.2, -0.15) is 4.37 Å². The molecule has 3 fully saturated rings.